The maximum atomic E-state index is 12.4. The Bertz CT molecular complexity index is 839. The lowest BCUT2D eigenvalue weighted by Gasteiger charge is -2.32. The van der Waals surface area contributed by atoms with E-state index < -0.39 is 0 Å². The molecular formula is C23H32N4O2. The van der Waals surface area contributed by atoms with E-state index in [4.69, 9.17) is 4.74 Å². The number of piperidine rings is 1. The normalized spacial score (nSPS) is 20.1. The molecule has 29 heavy (non-hydrogen) atoms. The number of hydrogen-bond acceptors (Lipinski definition) is 4. The number of hydrogen-bond donors (Lipinski definition) is 1. The second-order valence-electron chi connectivity index (χ2n) is 9.09. The number of imidazole rings is 1. The summed E-state index contributed by atoms with van der Waals surface area (Å²) in [4.78, 5) is 18.9. The van der Waals surface area contributed by atoms with E-state index in [0.29, 0.717) is 5.92 Å². The smallest absolute Gasteiger partial charge is 0.242 e. The Balaban J connectivity index is 1.25. The van der Waals surface area contributed by atoms with Crippen molar-refractivity contribution in [3.05, 3.63) is 48.0 Å². The Kier molecular flexibility index (Phi) is 5.63. The Hall–Kier alpha value is -2.34. The number of fused-ring (bicyclic) bond motifs is 1. The van der Waals surface area contributed by atoms with Gasteiger partial charge in [0.1, 0.15) is 17.4 Å². The fraction of sp³-hybridized carbons (Fsp3) is 0.565. The topological polar surface area (TPSA) is 59.4 Å². The molecular weight excluding hydrogens is 364 g/mol. The summed E-state index contributed by atoms with van der Waals surface area (Å²) in [6.45, 7) is 10.0. The van der Waals surface area contributed by atoms with Gasteiger partial charge < -0.3 is 14.6 Å². The lowest BCUT2D eigenvalue weighted by molar-refractivity contribution is -0.124. The molecule has 156 valence electrons. The van der Waals surface area contributed by atoms with Crippen LogP contribution in [-0.2, 0) is 17.8 Å². The fourth-order valence-electron chi connectivity index (χ4n) is 4.42. The molecule has 0 aliphatic carbocycles. The van der Waals surface area contributed by atoms with Crippen LogP contribution >= 0.6 is 0 Å². The van der Waals surface area contributed by atoms with Crippen LogP contribution in [0.25, 0.3) is 0 Å². The van der Waals surface area contributed by atoms with Gasteiger partial charge in [-0.25, -0.2) is 4.98 Å². The molecule has 6 nitrogen and oxygen atoms in total. The van der Waals surface area contributed by atoms with Crippen molar-refractivity contribution in [2.75, 3.05) is 19.6 Å². The molecule has 0 saturated carbocycles. The van der Waals surface area contributed by atoms with Gasteiger partial charge in [-0.1, -0.05) is 18.2 Å². The number of para-hydroxylation sites is 1. The van der Waals surface area contributed by atoms with E-state index in [-0.39, 0.29) is 17.6 Å². The molecule has 1 fully saturated rings. The first kappa shape index (κ1) is 20.0. The van der Waals surface area contributed by atoms with Crippen molar-refractivity contribution in [2.45, 2.75) is 58.2 Å². The van der Waals surface area contributed by atoms with Gasteiger partial charge in [0.15, 0.2) is 0 Å². The molecule has 6 heteroatoms. The first-order valence-corrected chi connectivity index (χ1v) is 10.7. The largest absolute Gasteiger partial charge is 0.487 e. The molecule has 0 bridgehead atoms. The predicted octanol–water partition coefficient (Wildman–Crippen LogP) is 3.19. The molecule has 1 saturated heterocycles. The van der Waals surface area contributed by atoms with Crippen molar-refractivity contribution in [3.63, 3.8) is 0 Å². The Morgan fingerprint density at radius 1 is 1.34 bits per heavy atom. The number of likely N-dealkylation sites (tertiary alicyclic amines) is 1. The van der Waals surface area contributed by atoms with Crippen LogP contribution in [0.1, 0.15) is 50.8 Å². The number of carbonyl (C=O) groups is 1. The minimum Gasteiger partial charge on any atom is -0.487 e. The number of benzene rings is 1. The molecule has 1 unspecified atom stereocenters. The Morgan fingerprint density at radius 2 is 2.14 bits per heavy atom. The van der Waals surface area contributed by atoms with Gasteiger partial charge in [-0.15, -0.1) is 0 Å². The SMILES string of the molecule is CC(C(=O)NCC1CCN(Cc2cccc3c2OC(C)(C)C3)CC1)n1ccnc1. The number of amides is 1. The second kappa shape index (κ2) is 8.19. The van der Waals surface area contributed by atoms with E-state index in [1.807, 2.05) is 17.7 Å². The van der Waals surface area contributed by atoms with Crippen molar-refractivity contribution in [3.8, 4) is 5.75 Å². The van der Waals surface area contributed by atoms with Crippen molar-refractivity contribution in [2.24, 2.45) is 5.92 Å². The fourth-order valence-corrected chi connectivity index (χ4v) is 4.42. The summed E-state index contributed by atoms with van der Waals surface area (Å²) in [5.41, 5.74) is 2.53. The van der Waals surface area contributed by atoms with Gasteiger partial charge in [0.2, 0.25) is 5.91 Å². The second-order valence-corrected chi connectivity index (χ2v) is 9.09. The van der Waals surface area contributed by atoms with E-state index in [9.17, 15) is 4.79 Å². The number of carbonyl (C=O) groups excluding carboxylic acids is 1. The molecule has 1 aromatic carbocycles. The maximum absolute atomic E-state index is 12.4. The van der Waals surface area contributed by atoms with E-state index in [0.717, 1.165) is 51.2 Å². The van der Waals surface area contributed by atoms with Crippen LogP contribution in [0.2, 0.25) is 0 Å². The van der Waals surface area contributed by atoms with Crippen LogP contribution in [0.15, 0.2) is 36.9 Å². The van der Waals surface area contributed by atoms with E-state index in [1.54, 1.807) is 12.5 Å². The molecule has 2 aromatic rings. The summed E-state index contributed by atoms with van der Waals surface area (Å²) >= 11 is 0. The standard InChI is InChI=1S/C23H32N4O2/c1-17(27-12-9-24-16-27)22(28)25-14-18-7-10-26(11-8-18)15-20-6-4-5-19-13-23(2,3)29-21(19)20/h4-6,9,12,16-18H,7-8,10-11,13-15H2,1-3H3,(H,25,28). The molecule has 1 aromatic heterocycles. The Labute approximate surface area is 173 Å². The van der Waals surface area contributed by atoms with Gasteiger partial charge in [0.05, 0.1) is 6.33 Å². The highest BCUT2D eigenvalue weighted by molar-refractivity contribution is 5.79. The average Bonchev–Trinajstić information content (AvgIpc) is 3.33. The predicted molar refractivity (Wildman–Crippen MR) is 113 cm³/mol. The number of ether oxygens (including phenoxy) is 1. The quantitative estimate of drug-likeness (QED) is 0.815. The molecule has 1 atom stereocenters. The summed E-state index contributed by atoms with van der Waals surface area (Å²) in [6.07, 6.45) is 8.42. The summed E-state index contributed by atoms with van der Waals surface area (Å²) in [7, 11) is 0. The van der Waals surface area contributed by atoms with Gasteiger partial charge >= 0.3 is 0 Å². The van der Waals surface area contributed by atoms with Crippen LogP contribution in [-0.4, -0.2) is 45.6 Å². The van der Waals surface area contributed by atoms with Crippen LogP contribution < -0.4 is 10.1 Å². The van der Waals surface area contributed by atoms with Crippen LogP contribution in [0.3, 0.4) is 0 Å². The third-order valence-electron chi connectivity index (χ3n) is 6.19. The first-order valence-electron chi connectivity index (χ1n) is 10.7. The van der Waals surface area contributed by atoms with Crippen molar-refractivity contribution >= 4 is 5.91 Å². The monoisotopic (exact) mass is 396 g/mol. The molecule has 1 N–H and O–H groups in total. The molecule has 1 amide bonds. The van der Waals surface area contributed by atoms with Gasteiger partial charge in [0, 0.05) is 37.5 Å². The van der Waals surface area contributed by atoms with Gasteiger partial charge in [-0.3, -0.25) is 9.69 Å². The highest BCUT2D eigenvalue weighted by atomic mass is 16.5. The lowest BCUT2D eigenvalue weighted by Crippen LogP contribution is -2.39. The van der Waals surface area contributed by atoms with Crippen molar-refractivity contribution < 1.29 is 9.53 Å². The van der Waals surface area contributed by atoms with E-state index >= 15 is 0 Å². The number of nitrogens with zero attached hydrogens (tertiary/aromatic N) is 3. The zero-order valence-corrected chi connectivity index (χ0v) is 17.7. The van der Waals surface area contributed by atoms with Crippen molar-refractivity contribution in [1.82, 2.24) is 19.8 Å². The van der Waals surface area contributed by atoms with Gasteiger partial charge in [-0.05, 0) is 58.2 Å². The molecule has 2 aliphatic rings. The zero-order chi connectivity index (χ0) is 20.4. The number of rotatable bonds is 6. The van der Waals surface area contributed by atoms with Gasteiger partial charge in [-0.2, -0.15) is 0 Å². The van der Waals surface area contributed by atoms with Crippen LogP contribution in [0.4, 0.5) is 0 Å². The minimum atomic E-state index is -0.220. The third kappa shape index (κ3) is 4.64. The number of nitrogens with one attached hydrogen (secondary N) is 1. The lowest BCUT2D eigenvalue weighted by atomic mass is 9.96. The molecule has 3 heterocycles. The van der Waals surface area contributed by atoms with Crippen LogP contribution in [0.5, 0.6) is 5.75 Å². The number of aromatic nitrogens is 2. The molecule has 0 spiro atoms. The van der Waals surface area contributed by atoms with Gasteiger partial charge in [0.25, 0.3) is 0 Å². The first-order chi connectivity index (χ1) is 13.9. The van der Waals surface area contributed by atoms with Crippen LogP contribution in [0, 0.1) is 5.92 Å². The average molecular weight is 397 g/mol. The van der Waals surface area contributed by atoms with E-state index in [2.05, 4.69) is 47.2 Å². The minimum absolute atomic E-state index is 0.0602. The maximum Gasteiger partial charge on any atom is 0.242 e. The summed E-state index contributed by atoms with van der Waals surface area (Å²) in [5, 5.41) is 3.12. The summed E-state index contributed by atoms with van der Waals surface area (Å²) in [5.74, 6) is 1.70. The zero-order valence-electron chi connectivity index (χ0n) is 17.7. The molecule has 4 rings (SSSR count). The van der Waals surface area contributed by atoms with Crippen molar-refractivity contribution in [1.29, 1.82) is 0 Å². The van der Waals surface area contributed by atoms with E-state index in [1.165, 1.54) is 11.1 Å². The highest BCUT2D eigenvalue weighted by Crippen LogP contribution is 2.38. The summed E-state index contributed by atoms with van der Waals surface area (Å²) in [6, 6.07) is 6.32. The molecule has 2 aliphatic heterocycles. The third-order valence-corrected chi connectivity index (χ3v) is 6.19. The Morgan fingerprint density at radius 3 is 2.86 bits per heavy atom. The summed E-state index contributed by atoms with van der Waals surface area (Å²) < 4.78 is 8.06. The molecule has 0 radical (unpaired) electrons. The highest BCUT2D eigenvalue weighted by Gasteiger charge is 2.32.